The zero-order valence-corrected chi connectivity index (χ0v) is 19.1. The zero-order chi connectivity index (χ0) is 22.6. The number of sulfonamides is 1. The number of hydrogen-bond donors (Lipinski definition) is 0. The number of rotatable bonds is 6. The first kappa shape index (κ1) is 22.8. The molecule has 7 nitrogen and oxygen atoms in total. The van der Waals surface area contributed by atoms with Crippen molar-refractivity contribution in [2.75, 3.05) is 40.4 Å². The molecule has 0 aromatic heterocycles. The zero-order valence-electron chi connectivity index (χ0n) is 18.3. The first-order valence-electron chi connectivity index (χ1n) is 10.0. The number of carbonyl (C=O) groups is 1. The predicted octanol–water partition coefficient (Wildman–Crippen LogP) is 2.87. The summed E-state index contributed by atoms with van der Waals surface area (Å²) in [6.45, 7) is 4.86. The number of carbonyl (C=O) groups excluding carboxylic acids is 1. The minimum atomic E-state index is -3.59. The van der Waals surface area contributed by atoms with Gasteiger partial charge in [-0.2, -0.15) is 4.31 Å². The number of ether oxygens (including phenoxy) is 2. The molecule has 0 radical (unpaired) electrons. The van der Waals surface area contributed by atoms with E-state index in [4.69, 9.17) is 9.47 Å². The van der Waals surface area contributed by atoms with E-state index < -0.39 is 10.0 Å². The van der Waals surface area contributed by atoms with Crippen molar-refractivity contribution in [2.45, 2.75) is 18.7 Å². The Morgan fingerprint density at radius 1 is 1.00 bits per heavy atom. The third kappa shape index (κ3) is 4.91. The van der Waals surface area contributed by atoms with Gasteiger partial charge in [0.2, 0.25) is 15.9 Å². The molecule has 1 aliphatic heterocycles. The predicted molar refractivity (Wildman–Crippen MR) is 120 cm³/mol. The fraction of sp³-hybridized carbons (Fsp3) is 0.348. The van der Waals surface area contributed by atoms with Crippen LogP contribution in [0.3, 0.4) is 0 Å². The fourth-order valence-corrected chi connectivity index (χ4v) is 5.31. The van der Waals surface area contributed by atoms with Crippen LogP contribution in [0.4, 0.5) is 0 Å². The van der Waals surface area contributed by atoms with Gasteiger partial charge in [-0.1, -0.05) is 24.3 Å². The maximum atomic E-state index is 13.1. The number of amides is 1. The minimum Gasteiger partial charge on any atom is -0.493 e. The number of piperazine rings is 1. The third-order valence-electron chi connectivity index (χ3n) is 5.35. The van der Waals surface area contributed by atoms with E-state index in [0.717, 1.165) is 16.7 Å². The van der Waals surface area contributed by atoms with Crippen molar-refractivity contribution in [1.82, 2.24) is 9.21 Å². The Hall–Kier alpha value is -2.84. The molecule has 1 saturated heterocycles. The Labute approximate surface area is 183 Å². The lowest BCUT2D eigenvalue weighted by molar-refractivity contribution is -0.127. The van der Waals surface area contributed by atoms with Crippen LogP contribution in [0.25, 0.3) is 6.08 Å². The molecule has 0 N–H and O–H groups in total. The molecule has 1 heterocycles. The van der Waals surface area contributed by atoms with Gasteiger partial charge < -0.3 is 14.4 Å². The summed E-state index contributed by atoms with van der Waals surface area (Å²) in [4.78, 5) is 14.6. The lowest BCUT2D eigenvalue weighted by atomic mass is 10.1. The van der Waals surface area contributed by atoms with E-state index in [1.165, 1.54) is 10.4 Å². The number of hydrogen-bond acceptors (Lipinski definition) is 5. The molecule has 0 unspecified atom stereocenters. The molecule has 3 rings (SSSR count). The van der Waals surface area contributed by atoms with Gasteiger partial charge in [0.15, 0.2) is 11.5 Å². The molecular weight excluding hydrogens is 416 g/mol. The van der Waals surface area contributed by atoms with E-state index in [1.54, 1.807) is 44.3 Å². The van der Waals surface area contributed by atoms with E-state index >= 15 is 0 Å². The third-order valence-corrected chi connectivity index (χ3v) is 7.39. The van der Waals surface area contributed by atoms with Gasteiger partial charge >= 0.3 is 0 Å². The standard InChI is InChI=1S/C23H28N2O5S/c1-17-8-9-18(2)21(16-17)31(27,28)25-14-12-24(13-15-25)22(26)11-10-19-6-5-7-20(29-3)23(19)30-4/h5-11,16H,12-15H2,1-4H3/b11-10+. The average molecular weight is 445 g/mol. The van der Waals surface area contributed by atoms with E-state index in [9.17, 15) is 13.2 Å². The topological polar surface area (TPSA) is 76.2 Å². The lowest BCUT2D eigenvalue weighted by Gasteiger charge is -2.33. The Morgan fingerprint density at radius 2 is 1.71 bits per heavy atom. The maximum Gasteiger partial charge on any atom is 0.246 e. The highest BCUT2D eigenvalue weighted by Gasteiger charge is 2.30. The Kier molecular flexibility index (Phi) is 7.02. The SMILES string of the molecule is COc1cccc(/C=C/C(=O)N2CCN(S(=O)(=O)c3cc(C)ccc3C)CC2)c1OC. The highest BCUT2D eigenvalue weighted by Crippen LogP contribution is 2.31. The lowest BCUT2D eigenvalue weighted by Crippen LogP contribution is -2.50. The monoisotopic (exact) mass is 444 g/mol. The first-order valence-corrected chi connectivity index (χ1v) is 11.5. The summed E-state index contributed by atoms with van der Waals surface area (Å²) >= 11 is 0. The molecule has 0 atom stereocenters. The van der Waals surface area contributed by atoms with Gasteiger partial charge in [0.05, 0.1) is 19.1 Å². The van der Waals surface area contributed by atoms with Crippen LogP contribution in [0.2, 0.25) is 0 Å². The van der Waals surface area contributed by atoms with Gasteiger partial charge in [0.25, 0.3) is 0 Å². The van der Waals surface area contributed by atoms with Crippen LogP contribution in [0.5, 0.6) is 11.5 Å². The van der Waals surface area contributed by atoms with Crippen LogP contribution < -0.4 is 9.47 Å². The summed E-state index contributed by atoms with van der Waals surface area (Å²) in [6, 6.07) is 10.9. The molecular formula is C23H28N2O5S. The highest BCUT2D eigenvalue weighted by atomic mass is 32.2. The molecule has 166 valence electrons. The fourth-order valence-electron chi connectivity index (χ4n) is 3.58. The maximum absolute atomic E-state index is 13.1. The van der Waals surface area contributed by atoms with Crippen molar-refractivity contribution in [2.24, 2.45) is 0 Å². The summed E-state index contributed by atoms with van der Waals surface area (Å²) in [5.74, 6) is 0.967. The van der Waals surface area contributed by atoms with Crippen molar-refractivity contribution in [1.29, 1.82) is 0 Å². The Balaban J connectivity index is 1.68. The van der Waals surface area contributed by atoms with Gasteiger partial charge in [-0.05, 0) is 43.2 Å². The quantitative estimate of drug-likeness (QED) is 0.641. The molecule has 31 heavy (non-hydrogen) atoms. The van der Waals surface area contributed by atoms with Gasteiger partial charge in [-0.3, -0.25) is 4.79 Å². The van der Waals surface area contributed by atoms with Crippen LogP contribution in [0, 0.1) is 13.8 Å². The summed E-state index contributed by atoms with van der Waals surface area (Å²) in [5, 5.41) is 0. The minimum absolute atomic E-state index is 0.173. The van der Waals surface area contributed by atoms with Crippen LogP contribution >= 0.6 is 0 Å². The molecule has 1 fully saturated rings. The summed E-state index contributed by atoms with van der Waals surface area (Å²) in [6.07, 6.45) is 3.16. The summed E-state index contributed by atoms with van der Waals surface area (Å²) in [5.41, 5.74) is 2.35. The van der Waals surface area contributed by atoms with Gasteiger partial charge in [-0.15, -0.1) is 0 Å². The molecule has 0 aliphatic carbocycles. The van der Waals surface area contributed by atoms with Crippen molar-refractivity contribution in [3.05, 3.63) is 59.2 Å². The molecule has 2 aromatic rings. The normalized spacial score (nSPS) is 15.3. The van der Waals surface area contributed by atoms with Gasteiger partial charge in [0.1, 0.15) is 0 Å². The molecule has 1 aliphatic rings. The van der Waals surface area contributed by atoms with Gasteiger partial charge in [0, 0.05) is 37.8 Å². The van der Waals surface area contributed by atoms with E-state index in [2.05, 4.69) is 0 Å². The molecule has 8 heteroatoms. The van der Waals surface area contributed by atoms with Crippen LogP contribution in [-0.2, 0) is 14.8 Å². The molecule has 0 bridgehead atoms. The van der Waals surface area contributed by atoms with Gasteiger partial charge in [-0.25, -0.2) is 8.42 Å². The van der Waals surface area contributed by atoms with Crippen LogP contribution in [-0.4, -0.2) is 63.9 Å². The largest absolute Gasteiger partial charge is 0.493 e. The van der Waals surface area contributed by atoms with Crippen molar-refractivity contribution in [3.8, 4) is 11.5 Å². The number of aryl methyl sites for hydroxylation is 2. The van der Waals surface area contributed by atoms with E-state index in [-0.39, 0.29) is 19.0 Å². The van der Waals surface area contributed by atoms with Crippen molar-refractivity contribution >= 4 is 22.0 Å². The Morgan fingerprint density at radius 3 is 2.35 bits per heavy atom. The molecule has 2 aromatic carbocycles. The summed E-state index contributed by atoms with van der Waals surface area (Å²) < 4.78 is 38.2. The number of methoxy groups -OCH3 is 2. The van der Waals surface area contributed by atoms with Crippen LogP contribution in [0.15, 0.2) is 47.4 Å². The second kappa shape index (κ2) is 9.53. The number of nitrogens with zero attached hydrogens (tertiary/aromatic N) is 2. The van der Waals surface area contributed by atoms with E-state index in [0.29, 0.717) is 29.5 Å². The van der Waals surface area contributed by atoms with Crippen molar-refractivity contribution in [3.63, 3.8) is 0 Å². The smallest absolute Gasteiger partial charge is 0.246 e. The number of para-hydroxylation sites is 1. The molecule has 1 amide bonds. The van der Waals surface area contributed by atoms with E-state index in [1.807, 2.05) is 31.2 Å². The first-order chi connectivity index (χ1) is 14.8. The highest BCUT2D eigenvalue weighted by molar-refractivity contribution is 7.89. The molecule has 0 spiro atoms. The second-order valence-corrected chi connectivity index (χ2v) is 9.32. The summed E-state index contributed by atoms with van der Waals surface area (Å²) in [7, 11) is -0.483. The Bertz CT molecular complexity index is 1090. The second-order valence-electron chi connectivity index (χ2n) is 7.41. The molecule has 0 saturated carbocycles. The van der Waals surface area contributed by atoms with Crippen molar-refractivity contribution < 1.29 is 22.7 Å². The van der Waals surface area contributed by atoms with Crippen LogP contribution in [0.1, 0.15) is 16.7 Å². The average Bonchev–Trinajstić information content (AvgIpc) is 2.78. The number of benzene rings is 2.